The summed E-state index contributed by atoms with van der Waals surface area (Å²) >= 11 is 6.29. The number of carbonyl (C=O) groups excluding carboxylic acids is 2. The smallest absolute Gasteiger partial charge is 0.255 e. The monoisotopic (exact) mass is 489 g/mol. The molecule has 0 saturated carbocycles. The first-order valence-electron chi connectivity index (χ1n) is 12.8. The fourth-order valence-electron chi connectivity index (χ4n) is 6.06. The molecule has 0 aromatic heterocycles. The van der Waals surface area contributed by atoms with Crippen molar-refractivity contribution in [2.45, 2.75) is 57.0 Å². The summed E-state index contributed by atoms with van der Waals surface area (Å²) in [6, 6.07) is 1.64. The fraction of sp³-hybridized carbons (Fsp3) is 0.680. The lowest BCUT2D eigenvalue weighted by molar-refractivity contribution is -0.139. The number of carbonyl (C=O) groups is 2. The Labute approximate surface area is 206 Å². The highest BCUT2D eigenvalue weighted by Gasteiger charge is 2.39. The van der Waals surface area contributed by atoms with E-state index in [0.29, 0.717) is 46.9 Å². The van der Waals surface area contributed by atoms with Gasteiger partial charge in [0.1, 0.15) is 5.75 Å². The summed E-state index contributed by atoms with van der Waals surface area (Å²) in [6.45, 7) is 5.90. The van der Waals surface area contributed by atoms with E-state index in [1.165, 1.54) is 0 Å². The normalized spacial score (nSPS) is 22.9. The number of ether oxygens (including phenoxy) is 1. The van der Waals surface area contributed by atoms with Crippen LogP contribution in [0.2, 0.25) is 5.02 Å². The largest absolute Gasteiger partial charge is 0.492 e. The maximum absolute atomic E-state index is 13.5. The van der Waals surface area contributed by atoms with Gasteiger partial charge in [-0.15, -0.1) is 0 Å². The third kappa shape index (κ3) is 4.72. The summed E-state index contributed by atoms with van der Waals surface area (Å²) in [5, 5.41) is 7.01. The average molecular weight is 490 g/mol. The Bertz CT molecular complexity index is 922. The predicted octanol–water partition coefficient (Wildman–Crippen LogP) is 2.04. The lowest BCUT2D eigenvalue weighted by Crippen LogP contribution is -2.57. The summed E-state index contributed by atoms with van der Waals surface area (Å²) in [7, 11) is 0. The second-order valence-corrected chi connectivity index (χ2v) is 10.5. The predicted molar refractivity (Wildman–Crippen MR) is 132 cm³/mol. The molecule has 4 N–H and O–H groups in total. The Kier molecular flexibility index (Phi) is 7.18. The van der Waals surface area contributed by atoms with Crippen molar-refractivity contribution in [2.24, 2.45) is 5.92 Å². The number of amides is 2. The van der Waals surface area contributed by atoms with E-state index in [9.17, 15) is 9.59 Å². The highest BCUT2D eigenvalue weighted by molar-refractivity contribution is 6.33. The first-order chi connectivity index (χ1) is 16.5. The molecule has 5 rings (SSSR count). The first kappa shape index (κ1) is 23.7. The van der Waals surface area contributed by atoms with Crippen LogP contribution in [-0.4, -0.2) is 79.6 Å². The average Bonchev–Trinajstić information content (AvgIpc) is 3.56. The number of halogens is 1. The van der Waals surface area contributed by atoms with Gasteiger partial charge in [-0.1, -0.05) is 11.6 Å². The van der Waals surface area contributed by atoms with Gasteiger partial charge in [0.25, 0.3) is 5.91 Å². The van der Waals surface area contributed by atoms with Crippen LogP contribution >= 0.6 is 11.6 Å². The van der Waals surface area contributed by atoms with Crippen LogP contribution in [0.1, 0.15) is 54.4 Å². The van der Waals surface area contributed by atoms with Crippen molar-refractivity contribution in [2.75, 3.05) is 51.6 Å². The van der Waals surface area contributed by atoms with Crippen molar-refractivity contribution >= 4 is 29.1 Å². The van der Waals surface area contributed by atoms with Crippen molar-refractivity contribution in [3.05, 3.63) is 22.2 Å². The van der Waals surface area contributed by atoms with Gasteiger partial charge in [-0.25, -0.2) is 0 Å². The zero-order chi connectivity index (χ0) is 23.7. The molecule has 0 aliphatic carbocycles. The van der Waals surface area contributed by atoms with Gasteiger partial charge in [0.05, 0.1) is 28.9 Å². The van der Waals surface area contributed by atoms with Crippen molar-refractivity contribution < 1.29 is 14.3 Å². The molecule has 0 spiro atoms. The van der Waals surface area contributed by atoms with Gasteiger partial charge >= 0.3 is 0 Å². The Balaban J connectivity index is 1.23. The summed E-state index contributed by atoms with van der Waals surface area (Å²) in [5.41, 5.74) is 7.88. The van der Waals surface area contributed by atoms with Crippen LogP contribution in [0, 0.1) is 5.92 Å². The molecule has 8 nitrogen and oxygen atoms in total. The molecular weight excluding hydrogens is 454 g/mol. The Morgan fingerprint density at radius 3 is 2.53 bits per heavy atom. The summed E-state index contributed by atoms with van der Waals surface area (Å²) in [5.74, 6) is 1.12. The van der Waals surface area contributed by atoms with Crippen molar-refractivity contribution in [1.82, 2.24) is 20.4 Å². The minimum Gasteiger partial charge on any atom is -0.492 e. The number of fused-ring (bicyclic) bond motifs is 1. The highest BCUT2D eigenvalue weighted by Crippen LogP contribution is 2.38. The molecule has 0 radical (unpaired) electrons. The number of rotatable bonds is 5. The maximum Gasteiger partial charge on any atom is 0.255 e. The third-order valence-electron chi connectivity index (χ3n) is 7.97. The van der Waals surface area contributed by atoms with E-state index in [2.05, 4.69) is 20.4 Å². The molecule has 1 aromatic rings. The van der Waals surface area contributed by atoms with Gasteiger partial charge < -0.3 is 26.0 Å². The summed E-state index contributed by atoms with van der Waals surface area (Å²) in [6.07, 6.45) is 6.64. The second-order valence-electron chi connectivity index (χ2n) is 10.1. The minimum absolute atomic E-state index is 0.0376. The van der Waals surface area contributed by atoms with Crippen LogP contribution in [0.3, 0.4) is 0 Å². The van der Waals surface area contributed by atoms with Gasteiger partial charge in [0.15, 0.2) is 0 Å². The molecule has 34 heavy (non-hydrogen) atoms. The van der Waals surface area contributed by atoms with Crippen LogP contribution in [0.25, 0.3) is 0 Å². The van der Waals surface area contributed by atoms with E-state index >= 15 is 0 Å². The number of benzene rings is 1. The van der Waals surface area contributed by atoms with Gasteiger partial charge in [-0.05, 0) is 63.6 Å². The number of nitrogens with zero attached hydrogens (tertiary/aromatic N) is 2. The molecule has 1 unspecified atom stereocenters. The topological polar surface area (TPSA) is 99.9 Å². The van der Waals surface area contributed by atoms with Crippen LogP contribution in [-0.2, 0) is 11.2 Å². The quantitative estimate of drug-likeness (QED) is 0.547. The molecule has 3 fully saturated rings. The van der Waals surface area contributed by atoms with Gasteiger partial charge in [0.2, 0.25) is 5.91 Å². The molecule has 4 heterocycles. The van der Waals surface area contributed by atoms with Crippen LogP contribution in [0.5, 0.6) is 5.75 Å². The number of nitrogens with one attached hydrogen (secondary N) is 2. The number of hydrogen-bond acceptors (Lipinski definition) is 6. The van der Waals surface area contributed by atoms with Crippen LogP contribution in [0.15, 0.2) is 6.07 Å². The third-order valence-corrected chi connectivity index (χ3v) is 8.29. The van der Waals surface area contributed by atoms with E-state index in [4.69, 9.17) is 22.1 Å². The number of nitrogens with two attached hydrogens (primary N) is 1. The molecule has 3 saturated heterocycles. The number of likely N-dealkylation sites (tertiary alicyclic amines) is 2. The van der Waals surface area contributed by atoms with E-state index in [0.717, 1.165) is 83.4 Å². The number of nitrogen functional groups attached to an aromatic ring is 1. The Morgan fingerprint density at radius 1 is 1.12 bits per heavy atom. The number of anilines is 1. The zero-order valence-electron chi connectivity index (χ0n) is 19.8. The van der Waals surface area contributed by atoms with Gasteiger partial charge in [-0.2, -0.15) is 0 Å². The van der Waals surface area contributed by atoms with Gasteiger partial charge in [0, 0.05) is 44.2 Å². The highest BCUT2D eigenvalue weighted by atomic mass is 35.5. The Hall–Kier alpha value is -2.03. The van der Waals surface area contributed by atoms with Crippen molar-refractivity contribution in [3.63, 3.8) is 0 Å². The van der Waals surface area contributed by atoms with Gasteiger partial charge in [-0.3, -0.25) is 14.5 Å². The molecular formula is C25H36ClN5O3. The molecule has 186 valence electrons. The summed E-state index contributed by atoms with van der Waals surface area (Å²) < 4.78 is 5.71. The zero-order valence-corrected chi connectivity index (χ0v) is 20.5. The Morgan fingerprint density at radius 2 is 1.82 bits per heavy atom. The van der Waals surface area contributed by atoms with Crippen LogP contribution in [0.4, 0.5) is 5.69 Å². The van der Waals surface area contributed by atoms with E-state index in [-0.39, 0.29) is 18.0 Å². The van der Waals surface area contributed by atoms with Crippen molar-refractivity contribution in [3.8, 4) is 5.75 Å². The molecule has 9 heteroatoms. The molecule has 4 aliphatic rings. The number of piperidine rings is 2. The van der Waals surface area contributed by atoms with E-state index < -0.39 is 0 Å². The fourth-order valence-corrected chi connectivity index (χ4v) is 6.28. The van der Waals surface area contributed by atoms with Crippen molar-refractivity contribution in [1.29, 1.82) is 0 Å². The minimum atomic E-state index is -0.165. The first-order valence-corrected chi connectivity index (χ1v) is 13.2. The molecule has 4 aliphatic heterocycles. The number of hydrogen-bond donors (Lipinski definition) is 3. The lowest BCUT2D eigenvalue weighted by Gasteiger charge is -2.42. The molecule has 1 aromatic carbocycles. The standard InChI is InChI=1S/C25H36ClN5O3/c26-20-15-19(23-18(21(20)27)7-14-34-23)24(32)29-17-5-12-30(13-6-17)22(16-3-8-28-9-4-16)25(33)31-10-1-2-11-31/h15-17,22,28H,1-14,27H2,(H,29,32). The van der Waals surface area contributed by atoms with E-state index in [1.807, 2.05) is 0 Å². The molecule has 0 bridgehead atoms. The maximum atomic E-state index is 13.5. The molecule has 1 atom stereocenters. The summed E-state index contributed by atoms with van der Waals surface area (Å²) in [4.78, 5) is 31.1. The SMILES string of the molecule is Nc1c(Cl)cc(C(=O)NC2CCN(C(C(=O)N3CCCC3)C3CCNCC3)CC2)c2c1CCO2. The molecule has 2 amide bonds. The lowest BCUT2D eigenvalue weighted by atomic mass is 9.86. The second kappa shape index (κ2) is 10.3. The van der Waals surface area contributed by atoms with Crippen LogP contribution < -0.4 is 21.1 Å². The van der Waals surface area contributed by atoms with E-state index in [1.54, 1.807) is 6.07 Å².